The van der Waals surface area contributed by atoms with E-state index in [1.807, 2.05) is 0 Å². The Morgan fingerprint density at radius 3 is 2.78 bits per heavy atom. The Morgan fingerprint density at radius 2 is 1.96 bits per heavy atom. The molecule has 0 saturated carbocycles. The quantitative estimate of drug-likeness (QED) is 0.796. The van der Waals surface area contributed by atoms with Crippen molar-refractivity contribution in [1.29, 1.82) is 0 Å². The summed E-state index contributed by atoms with van der Waals surface area (Å²) in [5.74, 6) is 3.70. The first kappa shape index (κ1) is 13.5. The first-order valence-electron chi connectivity index (χ1n) is 8.39. The maximum Gasteiger partial charge on any atom is 0.231 e. The number of hydrogen-bond acceptors (Lipinski definition) is 5. The summed E-state index contributed by atoms with van der Waals surface area (Å²) in [6.45, 7) is 2.43. The zero-order chi connectivity index (χ0) is 15.4. The number of benzene rings is 1. The lowest BCUT2D eigenvalue weighted by atomic mass is 9.98. The van der Waals surface area contributed by atoms with Gasteiger partial charge in [-0.05, 0) is 36.1 Å². The Hall–Kier alpha value is -1.88. The van der Waals surface area contributed by atoms with Crippen LogP contribution in [0.1, 0.15) is 30.4 Å². The third-order valence-corrected chi connectivity index (χ3v) is 5.58. The van der Waals surface area contributed by atoms with Crippen molar-refractivity contribution in [2.45, 2.75) is 37.8 Å². The summed E-state index contributed by atoms with van der Waals surface area (Å²) in [7, 11) is 1.75. The maximum atomic E-state index is 6.48. The molecule has 1 saturated heterocycles. The van der Waals surface area contributed by atoms with Crippen LogP contribution >= 0.6 is 0 Å². The van der Waals surface area contributed by atoms with Gasteiger partial charge in [-0.15, -0.1) is 0 Å². The summed E-state index contributed by atoms with van der Waals surface area (Å²) in [5.41, 5.74) is 2.42. The number of fused-ring (bicyclic) bond motifs is 3. The summed E-state index contributed by atoms with van der Waals surface area (Å²) in [6.07, 6.45) is 4.94. The van der Waals surface area contributed by atoms with Gasteiger partial charge in [0.15, 0.2) is 17.2 Å². The third kappa shape index (κ3) is 1.96. The van der Waals surface area contributed by atoms with E-state index in [9.17, 15) is 0 Å². The normalized spacial score (nSPS) is 28.6. The lowest BCUT2D eigenvalue weighted by Crippen LogP contribution is -2.44. The molecule has 1 aromatic rings. The lowest BCUT2D eigenvalue weighted by Gasteiger charge is -2.34. The van der Waals surface area contributed by atoms with Crippen LogP contribution in [0.5, 0.6) is 11.5 Å². The average Bonchev–Trinajstić information content (AvgIpc) is 3.24. The standard InChI is InChI=1S/C18H21NO4/c1-20-17-10-18-4-2-5-19(18)6-3-12-7-14-15(22-11-21-14)8-13(12)9-16(17)23-18/h7-8H,2-6,9-11H2,1H3. The lowest BCUT2D eigenvalue weighted by molar-refractivity contribution is -0.0848. The highest BCUT2D eigenvalue weighted by Crippen LogP contribution is 2.46. The smallest absolute Gasteiger partial charge is 0.231 e. The van der Waals surface area contributed by atoms with Crippen molar-refractivity contribution in [1.82, 2.24) is 4.90 Å². The summed E-state index contributed by atoms with van der Waals surface area (Å²) in [5, 5.41) is 0. The summed E-state index contributed by atoms with van der Waals surface area (Å²) >= 11 is 0. The van der Waals surface area contributed by atoms with Crippen molar-refractivity contribution < 1.29 is 18.9 Å². The molecule has 23 heavy (non-hydrogen) atoms. The van der Waals surface area contributed by atoms with E-state index >= 15 is 0 Å². The molecule has 1 atom stereocenters. The van der Waals surface area contributed by atoms with E-state index in [1.165, 1.54) is 17.5 Å². The van der Waals surface area contributed by atoms with E-state index < -0.39 is 0 Å². The molecule has 0 aliphatic carbocycles. The predicted octanol–water partition coefficient (Wildman–Crippen LogP) is 2.58. The van der Waals surface area contributed by atoms with Gasteiger partial charge in [0.2, 0.25) is 6.79 Å². The summed E-state index contributed by atoms with van der Waals surface area (Å²) in [4.78, 5) is 2.50. The first-order valence-corrected chi connectivity index (χ1v) is 8.39. The van der Waals surface area contributed by atoms with Gasteiger partial charge in [0.25, 0.3) is 0 Å². The molecular formula is C18H21NO4. The van der Waals surface area contributed by atoms with Gasteiger partial charge >= 0.3 is 0 Å². The molecule has 4 aliphatic heterocycles. The first-order chi connectivity index (χ1) is 11.3. The largest absolute Gasteiger partial charge is 0.497 e. The van der Waals surface area contributed by atoms with Crippen LogP contribution in [0.2, 0.25) is 0 Å². The molecular weight excluding hydrogens is 294 g/mol. The van der Waals surface area contributed by atoms with E-state index in [0.717, 1.165) is 61.8 Å². The van der Waals surface area contributed by atoms with Crippen molar-refractivity contribution in [3.8, 4) is 11.5 Å². The highest BCUT2D eigenvalue weighted by atomic mass is 16.7. The van der Waals surface area contributed by atoms with Gasteiger partial charge in [0.05, 0.1) is 13.5 Å². The molecule has 5 rings (SSSR count). The fourth-order valence-electron chi connectivity index (χ4n) is 4.38. The zero-order valence-electron chi connectivity index (χ0n) is 13.4. The molecule has 0 aromatic heterocycles. The highest BCUT2D eigenvalue weighted by Gasteiger charge is 2.49. The van der Waals surface area contributed by atoms with Crippen LogP contribution in [0.4, 0.5) is 0 Å². The minimum Gasteiger partial charge on any atom is -0.497 e. The van der Waals surface area contributed by atoms with E-state index in [4.69, 9.17) is 18.9 Å². The molecule has 4 aliphatic rings. The van der Waals surface area contributed by atoms with Gasteiger partial charge < -0.3 is 18.9 Å². The molecule has 5 nitrogen and oxygen atoms in total. The Balaban J connectivity index is 1.60. The van der Waals surface area contributed by atoms with Crippen LogP contribution in [0, 0.1) is 0 Å². The molecule has 1 unspecified atom stereocenters. The van der Waals surface area contributed by atoms with Crippen LogP contribution in [0.15, 0.2) is 23.7 Å². The molecule has 2 bridgehead atoms. The molecule has 0 radical (unpaired) electrons. The maximum absolute atomic E-state index is 6.48. The van der Waals surface area contributed by atoms with Crippen molar-refractivity contribution >= 4 is 0 Å². The Morgan fingerprint density at radius 1 is 1.13 bits per heavy atom. The number of allylic oxidation sites excluding steroid dienone is 1. The molecule has 1 fully saturated rings. The Bertz CT molecular complexity index is 699. The monoisotopic (exact) mass is 315 g/mol. The van der Waals surface area contributed by atoms with Crippen molar-refractivity contribution in [2.75, 3.05) is 27.0 Å². The number of rotatable bonds is 1. The Labute approximate surface area is 135 Å². The van der Waals surface area contributed by atoms with E-state index in [0.29, 0.717) is 6.79 Å². The highest BCUT2D eigenvalue weighted by molar-refractivity contribution is 5.50. The third-order valence-electron chi connectivity index (χ3n) is 5.58. The molecule has 0 amide bonds. The number of methoxy groups -OCH3 is 1. The average molecular weight is 315 g/mol. The number of hydrogen-bond donors (Lipinski definition) is 0. The fourth-order valence-corrected chi connectivity index (χ4v) is 4.38. The minimum atomic E-state index is -0.168. The van der Waals surface area contributed by atoms with Gasteiger partial charge in [-0.3, -0.25) is 4.90 Å². The van der Waals surface area contributed by atoms with Gasteiger partial charge in [-0.1, -0.05) is 0 Å². The molecule has 4 heterocycles. The van der Waals surface area contributed by atoms with Gasteiger partial charge in [-0.25, -0.2) is 0 Å². The summed E-state index contributed by atoms with van der Waals surface area (Å²) in [6, 6.07) is 4.26. The van der Waals surface area contributed by atoms with Crippen molar-refractivity contribution in [3.63, 3.8) is 0 Å². The fraction of sp³-hybridized carbons (Fsp3) is 0.556. The molecule has 0 N–H and O–H groups in total. The van der Waals surface area contributed by atoms with E-state index in [-0.39, 0.29) is 5.72 Å². The van der Waals surface area contributed by atoms with Crippen LogP contribution in [-0.4, -0.2) is 37.6 Å². The van der Waals surface area contributed by atoms with Crippen molar-refractivity contribution in [2.24, 2.45) is 0 Å². The Kier molecular flexibility index (Phi) is 2.83. The summed E-state index contributed by atoms with van der Waals surface area (Å²) < 4.78 is 23.2. The molecule has 5 heteroatoms. The van der Waals surface area contributed by atoms with E-state index in [2.05, 4.69) is 17.0 Å². The van der Waals surface area contributed by atoms with Crippen molar-refractivity contribution in [3.05, 3.63) is 34.8 Å². The predicted molar refractivity (Wildman–Crippen MR) is 83.2 cm³/mol. The second-order valence-corrected chi connectivity index (χ2v) is 6.77. The molecule has 122 valence electrons. The SMILES string of the molecule is COC1=C2Cc3cc4c(cc3CCN3CCCC3(C1)O2)OCO4. The van der Waals surface area contributed by atoms with E-state index in [1.54, 1.807) is 7.11 Å². The molecule has 1 aromatic carbocycles. The van der Waals surface area contributed by atoms with Crippen LogP contribution < -0.4 is 9.47 Å². The van der Waals surface area contributed by atoms with Gasteiger partial charge in [-0.2, -0.15) is 0 Å². The minimum absolute atomic E-state index is 0.168. The van der Waals surface area contributed by atoms with Gasteiger partial charge in [0, 0.05) is 25.9 Å². The second kappa shape index (κ2) is 4.81. The van der Waals surface area contributed by atoms with Crippen LogP contribution in [-0.2, 0) is 22.3 Å². The topological polar surface area (TPSA) is 40.2 Å². The van der Waals surface area contributed by atoms with Crippen LogP contribution in [0.3, 0.4) is 0 Å². The molecule has 1 spiro atoms. The van der Waals surface area contributed by atoms with Crippen LogP contribution in [0.25, 0.3) is 0 Å². The zero-order valence-corrected chi connectivity index (χ0v) is 13.4. The van der Waals surface area contributed by atoms with Gasteiger partial charge in [0.1, 0.15) is 11.5 Å². The number of nitrogens with zero attached hydrogens (tertiary/aromatic N) is 1. The number of ether oxygens (including phenoxy) is 4. The second-order valence-electron chi connectivity index (χ2n) is 6.77.